The second-order valence-corrected chi connectivity index (χ2v) is 8.11. The summed E-state index contributed by atoms with van der Waals surface area (Å²) in [4.78, 5) is 28.2. The standard InChI is InChI=1S/C21H15ClN6O4S/c1-27-12-24-26-21(27)33-18-8-2-13(10-17(18)28(30)31)20(29)25-15-5-9-19(23-11-15)32-16-6-3-14(22)4-7-16/h2-12H,1H3,(H,25,29). The van der Waals surface area contributed by atoms with Crippen molar-refractivity contribution in [3.63, 3.8) is 0 Å². The van der Waals surface area contributed by atoms with Crippen molar-refractivity contribution in [1.82, 2.24) is 19.7 Å². The molecule has 0 fully saturated rings. The monoisotopic (exact) mass is 482 g/mol. The van der Waals surface area contributed by atoms with Gasteiger partial charge in [-0.1, -0.05) is 11.6 Å². The van der Waals surface area contributed by atoms with E-state index in [0.717, 1.165) is 11.8 Å². The summed E-state index contributed by atoms with van der Waals surface area (Å²) < 4.78 is 7.25. The molecule has 4 rings (SSSR count). The molecule has 166 valence electrons. The number of nitrogens with one attached hydrogen (secondary N) is 1. The van der Waals surface area contributed by atoms with Crippen molar-refractivity contribution in [1.29, 1.82) is 0 Å². The van der Waals surface area contributed by atoms with Crippen molar-refractivity contribution in [2.45, 2.75) is 10.1 Å². The lowest BCUT2D eigenvalue weighted by Gasteiger charge is -2.08. The van der Waals surface area contributed by atoms with Gasteiger partial charge in [0.25, 0.3) is 11.6 Å². The lowest BCUT2D eigenvalue weighted by atomic mass is 10.2. The van der Waals surface area contributed by atoms with Crippen molar-refractivity contribution in [3.05, 3.63) is 87.8 Å². The SMILES string of the molecule is Cn1cnnc1Sc1ccc(C(=O)Nc2ccc(Oc3ccc(Cl)cc3)nc2)cc1[N+](=O)[O-]. The number of nitrogens with zero attached hydrogens (tertiary/aromatic N) is 5. The third-order valence-corrected chi connectivity index (χ3v) is 5.69. The molecule has 1 amide bonds. The summed E-state index contributed by atoms with van der Waals surface area (Å²) in [6.07, 6.45) is 2.92. The van der Waals surface area contributed by atoms with Crippen LogP contribution in [0.1, 0.15) is 10.4 Å². The van der Waals surface area contributed by atoms with E-state index in [9.17, 15) is 14.9 Å². The van der Waals surface area contributed by atoms with Crippen molar-refractivity contribution in [2.24, 2.45) is 7.05 Å². The molecule has 2 heterocycles. The average molecular weight is 483 g/mol. The Kier molecular flexibility index (Phi) is 6.52. The first-order chi connectivity index (χ1) is 15.9. The Bertz CT molecular complexity index is 1310. The normalized spacial score (nSPS) is 10.6. The van der Waals surface area contributed by atoms with E-state index in [2.05, 4.69) is 20.5 Å². The van der Waals surface area contributed by atoms with Gasteiger partial charge in [0.2, 0.25) is 5.88 Å². The predicted octanol–water partition coefficient (Wildman–Crippen LogP) is 4.97. The van der Waals surface area contributed by atoms with Crippen LogP contribution in [0.25, 0.3) is 0 Å². The molecule has 0 aliphatic rings. The highest BCUT2D eigenvalue weighted by molar-refractivity contribution is 7.99. The fraction of sp³-hybridized carbons (Fsp3) is 0.0476. The Labute approximate surface area is 196 Å². The van der Waals surface area contributed by atoms with E-state index in [1.807, 2.05) is 0 Å². The van der Waals surface area contributed by atoms with Crippen LogP contribution in [0.4, 0.5) is 11.4 Å². The number of ether oxygens (including phenoxy) is 1. The number of carbonyl (C=O) groups is 1. The van der Waals surface area contributed by atoms with E-state index in [-0.39, 0.29) is 11.3 Å². The number of aromatic nitrogens is 4. The molecule has 10 nitrogen and oxygen atoms in total. The van der Waals surface area contributed by atoms with E-state index in [0.29, 0.717) is 32.4 Å². The second-order valence-electron chi connectivity index (χ2n) is 6.66. The van der Waals surface area contributed by atoms with Crippen LogP contribution in [0.5, 0.6) is 11.6 Å². The number of halogens is 1. The summed E-state index contributed by atoms with van der Waals surface area (Å²) >= 11 is 6.94. The van der Waals surface area contributed by atoms with Crippen LogP contribution in [0.3, 0.4) is 0 Å². The van der Waals surface area contributed by atoms with Crippen LogP contribution in [-0.4, -0.2) is 30.6 Å². The van der Waals surface area contributed by atoms with Gasteiger partial charge in [0.05, 0.1) is 21.7 Å². The van der Waals surface area contributed by atoms with E-state index in [1.165, 1.54) is 30.7 Å². The minimum absolute atomic E-state index is 0.130. The van der Waals surface area contributed by atoms with E-state index >= 15 is 0 Å². The second kappa shape index (κ2) is 9.67. The Morgan fingerprint density at radius 2 is 1.97 bits per heavy atom. The van der Waals surface area contributed by atoms with Crippen molar-refractivity contribution >= 4 is 40.6 Å². The highest BCUT2D eigenvalue weighted by Gasteiger charge is 2.20. The van der Waals surface area contributed by atoms with Crippen LogP contribution < -0.4 is 10.1 Å². The van der Waals surface area contributed by atoms with Gasteiger partial charge in [-0.15, -0.1) is 10.2 Å². The Hall–Kier alpha value is -3.96. The maximum absolute atomic E-state index is 12.6. The van der Waals surface area contributed by atoms with Crippen molar-refractivity contribution in [3.8, 4) is 11.6 Å². The van der Waals surface area contributed by atoms with Crippen molar-refractivity contribution < 1.29 is 14.5 Å². The molecule has 0 unspecified atom stereocenters. The maximum atomic E-state index is 12.6. The number of nitro benzene ring substituents is 1. The van der Waals surface area contributed by atoms with Gasteiger partial charge in [-0.25, -0.2) is 4.98 Å². The molecule has 4 aromatic rings. The molecule has 2 aromatic carbocycles. The van der Waals surface area contributed by atoms with E-state index in [4.69, 9.17) is 16.3 Å². The maximum Gasteiger partial charge on any atom is 0.284 e. The molecule has 0 radical (unpaired) electrons. The number of nitro groups is 1. The minimum atomic E-state index is -0.542. The fourth-order valence-corrected chi connectivity index (χ4v) is 3.67. The molecular formula is C21H15ClN6O4S. The van der Waals surface area contributed by atoms with E-state index < -0.39 is 10.8 Å². The zero-order valence-electron chi connectivity index (χ0n) is 17.0. The molecule has 0 bridgehead atoms. The van der Waals surface area contributed by atoms with Crippen LogP contribution in [0.15, 0.2) is 77.2 Å². The highest BCUT2D eigenvalue weighted by Crippen LogP contribution is 2.34. The number of hydrogen-bond acceptors (Lipinski definition) is 8. The Morgan fingerprint density at radius 3 is 2.61 bits per heavy atom. The quantitative estimate of drug-likeness (QED) is 0.289. The van der Waals surface area contributed by atoms with Gasteiger partial charge < -0.3 is 14.6 Å². The molecule has 1 N–H and O–H groups in total. The number of pyridine rings is 1. The largest absolute Gasteiger partial charge is 0.439 e. The first kappa shape index (κ1) is 22.2. The number of anilines is 1. The Balaban J connectivity index is 1.46. The van der Waals surface area contributed by atoms with Gasteiger partial charge in [-0.05, 0) is 54.2 Å². The first-order valence-electron chi connectivity index (χ1n) is 9.40. The van der Waals surface area contributed by atoms with Gasteiger partial charge in [0, 0.05) is 29.8 Å². The lowest BCUT2D eigenvalue weighted by molar-refractivity contribution is -0.387. The number of rotatable bonds is 7. The molecule has 2 aromatic heterocycles. The van der Waals surface area contributed by atoms with Crippen LogP contribution >= 0.6 is 23.4 Å². The van der Waals surface area contributed by atoms with Crippen LogP contribution in [0, 0.1) is 10.1 Å². The third-order valence-electron chi connectivity index (χ3n) is 4.32. The number of amides is 1. The molecule has 0 atom stereocenters. The summed E-state index contributed by atoms with van der Waals surface area (Å²) in [6, 6.07) is 14.2. The molecule has 0 saturated carbocycles. The van der Waals surface area contributed by atoms with E-state index in [1.54, 1.807) is 48.0 Å². The zero-order chi connectivity index (χ0) is 23.4. The van der Waals surface area contributed by atoms with Gasteiger partial charge in [0.15, 0.2) is 5.16 Å². The highest BCUT2D eigenvalue weighted by atomic mass is 35.5. The summed E-state index contributed by atoms with van der Waals surface area (Å²) in [7, 11) is 1.73. The van der Waals surface area contributed by atoms with Gasteiger partial charge in [-0.2, -0.15) is 0 Å². The number of carbonyl (C=O) groups excluding carboxylic acids is 1. The zero-order valence-corrected chi connectivity index (χ0v) is 18.6. The van der Waals surface area contributed by atoms with Crippen LogP contribution in [-0.2, 0) is 7.05 Å². The lowest BCUT2D eigenvalue weighted by Crippen LogP contribution is -2.12. The summed E-state index contributed by atoms with van der Waals surface area (Å²) in [5.41, 5.74) is 0.328. The summed E-state index contributed by atoms with van der Waals surface area (Å²) in [6.45, 7) is 0. The Morgan fingerprint density at radius 1 is 1.18 bits per heavy atom. The third kappa shape index (κ3) is 5.45. The molecule has 0 aliphatic carbocycles. The summed E-state index contributed by atoms with van der Waals surface area (Å²) in [5.74, 6) is 0.382. The number of hydrogen-bond donors (Lipinski definition) is 1. The fourth-order valence-electron chi connectivity index (χ4n) is 2.69. The molecule has 33 heavy (non-hydrogen) atoms. The van der Waals surface area contributed by atoms with Gasteiger partial charge in [-0.3, -0.25) is 14.9 Å². The molecule has 12 heteroatoms. The first-order valence-corrected chi connectivity index (χ1v) is 10.6. The molecular weight excluding hydrogens is 468 g/mol. The molecule has 0 aliphatic heterocycles. The van der Waals surface area contributed by atoms with Crippen molar-refractivity contribution in [2.75, 3.05) is 5.32 Å². The number of aryl methyl sites for hydroxylation is 1. The minimum Gasteiger partial charge on any atom is -0.439 e. The smallest absolute Gasteiger partial charge is 0.284 e. The average Bonchev–Trinajstić information content (AvgIpc) is 3.21. The topological polar surface area (TPSA) is 125 Å². The predicted molar refractivity (Wildman–Crippen MR) is 122 cm³/mol. The molecule has 0 spiro atoms. The van der Waals surface area contributed by atoms with Crippen LogP contribution in [0.2, 0.25) is 5.02 Å². The summed E-state index contributed by atoms with van der Waals surface area (Å²) in [5, 5.41) is 23.0. The number of benzene rings is 2. The molecule has 0 saturated heterocycles. The van der Waals surface area contributed by atoms with Gasteiger partial charge in [0.1, 0.15) is 12.1 Å². The van der Waals surface area contributed by atoms with Gasteiger partial charge >= 0.3 is 0 Å².